The van der Waals surface area contributed by atoms with Crippen LogP contribution in [0.3, 0.4) is 0 Å². The van der Waals surface area contributed by atoms with Crippen molar-refractivity contribution < 1.29 is 19.5 Å². The average molecular weight is 420 g/mol. The number of thiophene rings is 1. The molecule has 0 saturated heterocycles. The molecule has 0 saturated carbocycles. The van der Waals surface area contributed by atoms with Gasteiger partial charge in [-0.25, -0.2) is 4.79 Å². The fraction of sp³-hybridized carbons (Fsp3) is 0.476. The van der Waals surface area contributed by atoms with Gasteiger partial charge in [0.1, 0.15) is 6.04 Å². The Morgan fingerprint density at radius 3 is 2.48 bits per heavy atom. The van der Waals surface area contributed by atoms with Gasteiger partial charge in [-0.15, -0.1) is 11.3 Å². The second-order valence-electron chi connectivity index (χ2n) is 7.44. The number of hydrogen-bond donors (Lipinski definition) is 4. The van der Waals surface area contributed by atoms with Crippen molar-refractivity contribution in [1.82, 2.24) is 16.0 Å². The first-order chi connectivity index (χ1) is 13.8. The van der Waals surface area contributed by atoms with Crippen LogP contribution in [0.15, 0.2) is 30.3 Å². The summed E-state index contributed by atoms with van der Waals surface area (Å²) in [6, 6.07) is 8.81. The van der Waals surface area contributed by atoms with Crippen LogP contribution in [0, 0.1) is 5.92 Å². The van der Waals surface area contributed by atoms with E-state index in [-0.39, 0.29) is 30.3 Å². The Labute approximate surface area is 174 Å². The Hall–Kier alpha value is -2.61. The Morgan fingerprint density at radius 2 is 1.86 bits per heavy atom. The fourth-order valence-electron chi connectivity index (χ4n) is 3.06. The van der Waals surface area contributed by atoms with Gasteiger partial charge in [0.2, 0.25) is 5.91 Å². The first-order valence-corrected chi connectivity index (χ1v) is 10.7. The number of fused-ring (bicyclic) bond motifs is 1. The zero-order chi connectivity index (χ0) is 21.4. The van der Waals surface area contributed by atoms with E-state index >= 15 is 0 Å². The predicted octanol–water partition coefficient (Wildman–Crippen LogP) is 3.60. The third kappa shape index (κ3) is 7.05. The maximum absolute atomic E-state index is 12.8. The van der Waals surface area contributed by atoms with Crippen LogP contribution in [0.4, 0.5) is 4.79 Å². The third-order valence-electron chi connectivity index (χ3n) is 4.59. The normalized spacial score (nSPS) is 13.1. The molecule has 0 fully saturated rings. The van der Waals surface area contributed by atoms with E-state index in [0.29, 0.717) is 24.1 Å². The lowest BCUT2D eigenvalue weighted by Gasteiger charge is -2.24. The van der Waals surface area contributed by atoms with Gasteiger partial charge in [0.05, 0.1) is 4.88 Å². The standard InChI is InChI=1S/C21H29N3O4S/c1-4-15(9-10-22-21(27)28)23-19(25)16(11-13(2)3)24-20(26)18-12-14-7-5-6-8-17(14)29-18/h5-8,12-13,15-16,22H,4,9-11H2,1-3H3,(H,23,25)(H,24,26)(H,27,28)/t15?,16-/m0/s1. The first kappa shape index (κ1) is 22.7. The topological polar surface area (TPSA) is 108 Å². The fourth-order valence-corrected chi connectivity index (χ4v) is 4.03. The molecule has 0 bridgehead atoms. The molecule has 1 unspecified atom stereocenters. The quantitative estimate of drug-likeness (QED) is 0.472. The van der Waals surface area contributed by atoms with Crippen molar-refractivity contribution in [3.8, 4) is 0 Å². The highest BCUT2D eigenvalue weighted by atomic mass is 32.1. The smallest absolute Gasteiger partial charge is 0.404 e. The summed E-state index contributed by atoms with van der Waals surface area (Å²) in [5.41, 5.74) is 0. The summed E-state index contributed by atoms with van der Waals surface area (Å²) in [7, 11) is 0. The van der Waals surface area contributed by atoms with Crippen molar-refractivity contribution in [1.29, 1.82) is 0 Å². The summed E-state index contributed by atoms with van der Waals surface area (Å²) < 4.78 is 1.03. The van der Waals surface area contributed by atoms with Gasteiger partial charge in [-0.1, -0.05) is 39.0 Å². The lowest BCUT2D eigenvalue weighted by atomic mass is 10.0. The lowest BCUT2D eigenvalue weighted by molar-refractivity contribution is -0.124. The summed E-state index contributed by atoms with van der Waals surface area (Å²) in [5.74, 6) is -0.273. The monoisotopic (exact) mass is 419 g/mol. The van der Waals surface area contributed by atoms with Crippen LogP contribution >= 0.6 is 11.3 Å². The molecule has 1 aromatic carbocycles. The zero-order valence-electron chi connectivity index (χ0n) is 17.0. The van der Waals surface area contributed by atoms with Crippen molar-refractivity contribution in [2.45, 2.75) is 52.1 Å². The molecular weight excluding hydrogens is 390 g/mol. The van der Waals surface area contributed by atoms with E-state index in [0.717, 1.165) is 10.1 Å². The van der Waals surface area contributed by atoms with Crippen LogP contribution in [0.1, 0.15) is 49.7 Å². The number of benzene rings is 1. The number of carbonyl (C=O) groups excluding carboxylic acids is 2. The molecule has 7 nitrogen and oxygen atoms in total. The van der Waals surface area contributed by atoms with Crippen LogP contribution in [0.5, 0.6) is 0 Å². The summed E-state index contributed by atoms with van der Waals surface area (Å²) in [4.78, 5) is 36.8. The van der Waals surface area contributed by atoms with Crippen molar-refractivity contribution >= 4 is 39.3 Å². The van der Waals surface area contributed by atoms with Crippen molar-refractivity contribution in [3.63, 3.8) is 0 Å². The first-order valence-electron chi connectivity index (χ1n) is 9.86. The highest BCUT2D eigenvalue weighted by Crippen LogP contribution is 2.25. The minimum atomic E-state index is -1.08. The summed E-state index contributed by atoms with van der Waals surface area (Å²) in [6.45, 7) is 6.19. The largest absolute Gasteiger partial charge is 0.465 e. The van der Waals surface area contributed by atoms with Crippen LogP contribution in [0.25, 0.3) is 10.1 Å². The van der Waals surface area contributed by atoms with E-state index in [2.05, 4.69) is 16.0 Å². The highest BCUT2D eigenvalue weighted by molar-refractivity contribution is 7.20. The molecule has 158 valence electrons. The van der Waals surface area contributed by atoms with Gasteiger partial charge in [-0.2, -0.15) is 0 Å². The molecule has 1 aromatic heterocycles. The number of rotatable bonds is 10. The van der Waals surface area contributed by atoms with Crippen LogP contribution in [0.2, 0.25) is 0 Å². The van der Waals surface area contributed by atoms with Crippen molar-refractivity contribution in [2.75, 3.05) is 6.54 Å². The van der Waals surface area contributed by atoms with Crippen LogP contribution < -0.4 is 16.0 Å². The van der Waals surface area contributed by atoms with Gasteiger partial charge in [0.25, 0.3) is 5.91 Å². The second kappa shape index (κ2) is 10.8. The molecule has 29 heavy (non-hydrogen) atoms. The number of nitrogens with one attached hydrogen (secondary N) is 3. The predicted molar refractivity (Wildman–Crippen MR) is 115 cm³/mol. The van der Waals surface area contributed by atoms with Crippen LogP contribution in [-0.2, 0) is 4.79 Å². The van der Waals surface area contributed by atoms with Crippen molar-refractivity contribution in [3.05, 3.63) is 35.2 Å². The second-order valence-corrected chi connectivity index (χ2v) is 8.52. The van der Waals surface area contributed by atoms with Gasteiger partial charge in [-0.3, -0.25) is 9.59 Å². The number of carbonyl (C=O) groups is 3. The molecule has 0 radical (unpaired) electrons. The van der Waals surface area contributed by atoms with Gasteiger partial charge < -0.3 is 21.1 Å². The Bertz CT molecular complexity index is 816. The Morgan fingerprint density at radius 1 is 1.14 bits per heavy atom. The van der Waals surface area contributed by atoms with E-state index < -0.39 is 12.1 Å². The number of carboxylic acid groups (broad SMARTS) is 1. The summed E-state index contributed by atoms with van der Waals surface area (Å²) in [5, 5.41) is 17.8. The molecule has 2 rings (SSSR count). The summed E-state index contributed by atoms with van der Waals surface area (Å²) in [6.07, 6.45) is 0.602. The van der Waals surface area contributed by atoms with Crippen LogP contribution in [-0.4, -0.2) is 41.6 Å². The molecule has 2 aromatic rings. The van der Waals surface area contributed by atoms with Gasteiger partial charge in [0, 0.05) is 17.3 Å². The molecule has 1 heterocycles. The Balaban J connectivity index is 2.03. The Kier molecular flexibility index (Phi) is 8.45. The summed E-state index contributed by atoms with van der Waals surface area (Å²) >= 11 is 1.40. The van der Waals surface area contributed by atoms with Gasteiger partial charge in [-0.05, 0) is 42.7 Å². The van der Waals surface area contributed by atoms with Crippen molar-refractivity contribution in [2.24, 2.45) is 5.92 Å². The zero-order valence-corrected chi connectivity index (χ0v) is 17.8. The minimum absolute atomic E-state index is 0.162. The highest BCUT2D eigenvalue weighted by Gasteiger charge is 2.25. The van der Waals surface area contributed by atoms with E-state index in [1.54, 1.807) is 0 Å². The molecule has 0 spiro atoms. The maximum atomic E-state index is 12.8. The van der Waals surface area contributed by atoms with E-state index in [1.807, 2.05) is 51.1 Å². The van der Waals surface area contributed by atoms with Gasteiger partial charge >= 0.3 is 6.09 Å². The van der Waals surface area contributed by atoms with E-state index in [4.69, 9.17) is 5.11 Å². The number of hydrogen-bond acceptors (Lipinski definition) is 4. The molecule has 0 aliphatic heterocycles. The third-order valence-corrected chi connectivity index (χ3v) is 5.70. The molecule has 2 atom stereocenters. The minimum Gasteiger partial charge on any atom is -0.465 e. The SMILES string of the molecule is CCC(CCNC(=O)O)NC(=O)[C@H](CC(C)C)NC(=O)c1cc2ccccc2s1. The molecule has 3 amide bonds. The average Bonchev–Trinajstić information content (AvgIpc) is 3.10. The number of amides is 3. The molecule has 8 heteroatoms. The van der Waals surface area contributed by atoms with E-state index in [9.17, 15) is 14.4 Å². The molecule has 0 aliphatic rings. The molecular formula is C21H29N3O4S. The molecule has 0 aliphatic carbocycles. The van der Waals surface area contributed by atoms with Gasteiger partial charge in [0.15, 0.2) is 0 Å². The lowest BCUT2D eigenvalue weighted by Crippen LogP contribution is -2.50. The maximum Gasteiger partial charge on any atom is 0.404 e. The molecule has 4 N–H and O–H groups in total. The van der Waals surface area contributed by atoms with E-state index in [1.165, 1.54) is 11.3 Å².